The first-order chi connectivity index (χ1) is 13.0. The van der Waals surface area contributed by atoms with Crippen LogP contribution in [0.15, 0.2) is 65.1 Å². The van der Waals surface area contributed by atoms with Crippen molar-refractivity contribution in [3.63, 3.8) is 0 Å². The van der Waals surface area contributed by atoms with Crippen LogP contribution in [0.25, 0.3) is 6.08 Å². The fourth-order valence-electron chi connectivity index (χ4n) is 2.70. The topological polar surface area (TPSA) is 70.2 Å². The predicted molar refractivity (Wildman–Crippen MR) is 112 cm³/mol. The van der Waals surface area contributed by atoms with Crippen LogP contribution in [-0.2, 0) is 9.59 Å². The monoisotopic (exact) mass is 443 g/mol. The van der Waals surface area contributed by atoms with Crippen molar-refractivity contribution >= 4 is 51.2 Å². The van der Waals surface area contributed by atoms with E-state index in [1.165, 1.54) is 6.08 Å². The molecule has 0 aromatic heterocycles. The van der Waals surface area contributed by atoms with E-state index < -0.39 is 0 Å². The van der Waals surface area contributed by atoms with Gasteiger partial charge in [-0.1, -0.05) is 58.4 Å². The Hall–Kier alpha value is -2.51. The molecule has 2 aromatic carbocycles. The van der Waals surface area contributed by atoms with Gasteiger partial charge in [0.1, 0.15) is 0 Å². The van der Waals surface area contributed by atoms with E-state index in [9.17, 15) is 9.59 Å². The number of thiocarbonyl (C=S) groups is 1. The molecule has 138 valence electrons. The molecule has 7 heteroatoms. The van der Waals surface area contributed by atoms with Gasteiger partial charge in [-0.15, -0.1) is 0 Å². The van der Waals surface area contributed by atoms with E-state index in [0.717, 1.165) is 22.0 Å². The van der Waals surface area contributed by atoms with Crippen LogP contribution in [0, 0.1) is 5.92 Å². The van der Waals surface area contributed by atoms with E-state index in [-0.39, 0.29) is 28.8 Å². The minimum absolute atomic E-state index is 0.0470. The summed E-state index contributed by atoms with van der Waals surface area (Å²) < 4.78 is 0.968. The normalized spacial score (nSPS) is 18.0. The molecule has 3 rings (SSSR count). The van der Waals surface area contributed by atoms with Gasteiger partial charge in [0.15, 0.2) is 5.11 Å². The maximum Gasteiger partial charge on any atom is 0.250 e. The second-order valence-corrected chi connectivity index (χ2v) is 7.50. The number of amides is 2. The number of halogens is 1. The van der Waals surface area contributed by atoms with Crippen LogP contribution in [0.2, 0.25) is 0 Å². The van der Waals surface area contributed by atoms with Gasteiger partial charge in [-0.25, -0.2) is 0 Å². The summed E-state index contributed by atoms with van der Waals surface area (Å²) in [6.45, 7) is 0. The quantitative estimate of drug-likeness (QED) is 0.385. The van der Waals surface area contributed by atoms with Crippen molar-refractivity contribution in [3.8, 4) is 0 Å². The standard InChI is InChI=1S/C20H18BrN3O2S/c21-15-9-6-13(7-10-15)8-11-18(25)22-20(27)24-23-19(26)17-12-16(17)14-4-2-1-3-5-14/h1-11,16-17H,12H2,(H,23,26)(H2,22,24,25,27)/b11-8+/t16-,17+/m1/s1. The lowest BCUT2D eigenvalue weighted by Crippen LogP contribution is -2.48. The van der Waals surface area contributed by atoms with Gasteiger partial charge in [0, 0.05) is 16.5 Å². The van der Waals surface area contributed by atoms with Crippen LogP contribution >= 0.6 is 28.1 Å². The van der Waals surface area contributed by atoms with Crippen molar-refractivity contribution in [2.45, 2.75) is 12.3 Å². The van der Waals surface area contributed by atoms with Crippen LogP contribution in [0.1, 0.15) is 23.5 Å². The highest BCUT2D eigenvalue weighted by molar-refractivity contribution is 9.10. The van der Waals surface area contributed by atoms with Gasteiger partial charge < -0.3 is 0 Å². The molecule has 1 fully saturated rings. The van der Waals surface area contributed by atoms with Crippen LogP contribution < -0.4 is 16.2 Å². The molecule has 0 saturated heterocycles. The summed E-state index contributed by atoms with van der Waals surface area (Å²) in [7, 11) is 0. The molecule has 0 bridgehead atoms. The molecular formula is C20H18BrN3O2S. The molecule has 0 heterocycles. The number of nitrogens with one attached hydrogen (secondary N) is 3. The number of carbonyl (C=O) groups is 2. The molecular weight excluding hydrogens is 426 g/mol. The maximum absolute atomic E-state index is 12.2. The molecule has 2 aromatic rings. The first-order valence-corrected chi connectivity index (χ1v) is 9.62. The summed E-state index contributed by atoms with van der Waals surface area (Å²) in [5, 5.41) is 2.54. The highest BCUT2D eigenvalue weighted by Crippen LogP contribution is 2.47. The highest BCUT2D eigenvalue weighted by Gasteiger charge is 2.43. The molecule has 27 heavy (non-hydrogen) atoms. The molecule has 3 N–H and O–H groups in total. The van der Waals surface area contributed by atoms with Crippen LogP contribution in [-0.4, -0.2) is 16.9 Å². The average molecular weight is 444 g/mol. The number of carbonyl (C=O) groups excluding carboxylic acids is 2. The summed E-state index contributed by atoms with van der Waals surface area (Å²) in [5.74, 6) is -0.343. The minimum atomic E-state index is -0.377. The van der Waals surface area contributed by atoms with Crippen LogP contribution in [0.3, 0.4) is 0 Å². The Morgan fingerprint density at radius 3 is 2.44 bits per heavy atom. The van der Waals surface area contributed by atoms with Crippen LogP contribution in [0.4, 0.5) is 0 Å². The minimum Gasteiger partial charge on any atom is -0.298 e. The zero-order valence-electron chi connectivity index (χ0n) is 14.3. The van der Waals surface area contributed by atoms with Gasteiger partial charge in [0.05, 0.1) is 0 Å². The third kappa shape index (κ3) is 5.74. The van der Waals surface area contributed by atoms with Crippen molar-refractivity contribution in [2.75, 3.05) is 0 Å². The molecule has 5 nitrogen and oxygen atoms in total. The van der Waals surface area contributed by atoms with Gasteiger partial charge in [-0.2, -0.15) is 0 Å². The molecule has 2 amide bonds. The van der Waals surface area contributed by atoms with Crippen molar-refractivity contribution in [3.05, 3.63) is 76.3 Å². The second kappa shape index (κ2) is 8.92. The zero-order chi connectivity index (χ0) is 19.2. The van der Waals surface area contributed by atoms with E-state index in [0.29, 0.717) is 0 Å². The molecule has 0 aliphatic heterocycles. The lowest BCUT2D eigenvalue weighted by atomic mass is 10.1. The third-order valence-electron chi connectivity index (χ3n) is 4.19. The Morgan fingerprint density at radius 1 is 1.04 bits per heavy atom. The predicted octanol–water partition coefficient (Wildman–Crippen LogP) is 3.29. The van der Waals surface area contributed by atoms with Crippen molar-refractivity contribution in [1.29, 1.82) is 0 Å². The maximum atomic E-state index is 12.2. The molecule has 0 unspecified atom stereocenters. The van der Waals surface area contributed by atoms with Gasteiger partial charge in [-0.3, -0.25) is 25.8 Å². The molecule has 2 atom stereocenters. The number of benzene rings is 2. The number of hydrogen-bond donors (Lipinski definition) is 3. The summed E-state index contributed by atoms with van der Waals surface area (Å²) >= 11 is 8.38. The lowest BCUT2D eigenvalue weighted by molar-refractivity contribution is -0.123. The number of rotatable bonds is 4. The van der Waals surface area contributed by atoms with Gasteiger partial charge in [0.2, 0.25) is 11.8 Å². The molecule has 0 spiro atoms. The van der Waals surface area contributed by atoms with E-state index >= 15 is 0 Å². The van der Waals surface area contributed by atoms with Crippen molar-refractivity contribution in [1.82, 2.24) is 16.2 Å². The van der Waals surface area contributed by atoms with Gasteiger partial charge in [0.25, 0.3) is 0 Å². The summed E-state index contributed by atoms with van der Waals surface area (Å²) in [4.78, 5) is 24.0. The Bertz CT molecular complexity index is 869. The lowest BCUT2D eigenvalue weighted by Gasteiger charge is -2.09. The summed E-state index contributed by atoms with van der Waals surface area (Å²) in [6.07, 6.45) is 3.87. The summed E-state index contributed by atoms with van der Waals surface area (Å²) in [5.41, 5.74) is 7.18. The third-order valence-corrected chi connectivity index (χ3v) is 4.92. The zero-order valence-corrected chi connectivity index (χ0v) is 16.7. The Balaban J connectivity index is 1.40. The number of hydrogen-bond acceptors (Lipinski definition) is 3. The fraction of sp³-hybridized carbons (Fsp3) is 0.150. The Labute approximate surface area is 171 Å². The molecule has 1 aliphatic rings. The van der Waals surface area contributed by atoms with E-state index in [2.05, 4.69) is 32.1 Å². The first kappa shape index (κ1) is 19.3. The SMILES string of the molecule is O=C(/C=C/c1ccc(Br)cc1)NC(=S)NNC(=O)[C@H]1C[C@@H]1c1ccccc1. The van der Waals surface area contributed by atoms with E-state index in [4.69, 9.17) is 12.2 Å². The fourth-order valence-corrected chi connectivity index (χ4v) is 3.11. The largest absolute Gasteiger partial charge is 0.298 e. The highest BCUT2D eigenvalue weighted by atomic mass is 79.9. The average Bonchev–Trinajstić information content (AvgIpc) is 3.47. The Kier molecular flexibility index (Phi) is 6.36. The van der Waals surface area contributed by atoms with E-state index in [1.54, 1.807) is 6.08 Å². The number of hydrazine groups is 1. The Morgan fingerprint density at radius 2 is 1.74 bits per heavy atom. The molecule has 1 aliphatic carbocycles. The smallest absolute Gasteiger partial charge is 0.250 e. The van der Waals surface area contributed by atoms with Gasteiger partial charge in [-0.05, 0) is 53.9 Å². The van der Waals surface area contributed by atoms with Gasteiger partial charge >= 0.3 is 0 Å². The molecule has 1 saturated carbocycles. The van der Waals surface area contributed by atoms with Crippen molar-refractivity contribution in [2.24, 2.45) is 5.92 Å². The summed E-state index contributed by atoms with van der Waals surface area (Å²) in [6, 6.07) is 17.5. The van der Waals surface area contributed by atoms with Crippen LogP contribution in [0.5, 0.6) is 0 Å². The van der Waals surface area contributed by atoms with Crippen molar-refractivity contribution < 1.29 is 9.59 Å². The van der Waals surface area contributed by atoms with E-state index in [1.807, 2.05) is 54.6 Å². The first-order valence-electron chi connectivity index (χ1n) is 8.42. The second-order valence-electron chi connectivity index (χ2n) is 6.18. The molecule has 0 radical (unpaired) electrons.